The number of nitrogens with two attached hydrogens (primary N) is 1. The van der Waals surface area contributed by atoms with Crippen LogP contribution in [0.3, 0.4) is 0 Å². The Bertz CT molecular complexity index is 1220. The van der Waals surface area contributed by atoms with Crippen LogP contribution in [-0.4, -0.2) is 27.6 Å². The molecule has 2 aromatic carbocycles. The van der Waals surface area contributed by atoms with Crippen LogP contribution in [0.5, 0.6) is 0 Å². The average molecular weight is 471 g/mol. The van der Waals surface area contributed by atoms with Gasteiger partial charge in [0.25, 0.3) is 5.91 Å². The number of hydrogen-bond acceptors (Lipinski definition) is 4. The molecule has 1 heterocycles. The van der Waals surface area contributed by atoms with E-state index in [9.17, 15) is 22.8 Å². The first kappa shape index (κ1) is 23.5. The number of nitrogens with zero attached hydrogens (tertiary/aromatic N) is 2. The van der Waals surface area contributed by atoms with Crippen LogP contribution in [0.1, 0.15) is 52.3 Å². The highest BCUT2D eigenvalue weighted by Crippen LogP contribution is 2.32. The summed E-state index contributed by atoms with van der Waals surface area (Å²) < 4.78 is 41.4. The summed E-state index contributed by atoms with van der Waals surface area (Å²) in [4.78, 5) is 24.9. The number of carbonyl (C=O) groups excluding carboxylic acids is 2. The second-order valence-corrected chi connectivity index (χ2v) is 8.26. The van der Waals surface area contributed by atoms with Gasteiger partial charge in [-0.15, -0.1) is 0 Å². The summed E-state index contributed by atoms with van der Waals surface area (Å²) in [7, 11) is 0. The molecule has 0 saturated carbocycles. The van der Waals surface area contributed by atoms with Gasteiger partial charge in [-0.1, -0.05) is 36.4 Å². The molecule has 1 aliphatic carbocycles. The van der Waals surface area contributed by atoms with Crippen molar-refractivity contribution in [2.75, 3.05) is 0 Å². The van der Waals surface area contributed by atoms with Crippen molar-refractivity contribution in [1.29, 1.82) is 0 Å². The van der Waals surface area contributed by atoms with Crippen LogP contribution in [0.2, 0.25) is 0 Å². The van der Waals surface area contributed by atoms with Gasteiger partial charge in [-0.25, -0.2) is 4.68 Å². The highest BCUT2D eigenvalue weighted by Gasteiger charge is 2.36. The maximum absolute atomic E-state index is 13.5. The van der Waals surface area contributed by atoms with E-state index in [2.05, 4.69) is 15.7 Å². The third kappa shape index (κ3) is 4.96. The van der Waals surface area contributed by atoms with Gasteiger partial charge in [-0.05, 0) is 48.6 Å². The van der Waals surface area contributed by atoms with Gasteiger partial charge < -0.3 is 16.4 Å². The molecule has 0 fully saturated rings. The van der Waals surface area contributed by atoms with E-state index in [4.69, 9.17) is 5.73 Å². The Balaban J connectivity index is 1.63. The van der Waals surface area contributed by atoms with Crippen LogP contribution in [-0.2, 0) is 23.9 Å². The minimum atomic E-state index is -4.72. The fourth-order valence-corrected chi connectivity index (χ4v) is 3.97. The Kier molecular flexibility index (Phi) is 6.43. The molecule has 10 heteroatoms. The Morgan fingerprint density at radius 1 is 1.18 bits per heavy atom. The number of rotatable bonds is 6. The first-order valence-electron chi connectivity index (χ1n) is 10.8. The summed E-state index contributed by atoms with van der Waals surface area (Å²) >= 11 is 0. The van der Waals surface area contributed by atoms with E-state index in [0.717, 1.165) is 28.3 Å². The molecule has 7 nitrogen and oxygen atoms in total. The molecule has 1 aromatic heterocycles. The second-order valence-electron chi connectivity index (χ2n) is 8.26. The molecule has 1 aliphatic rings. The van der Waals surface area contributed by atoms with Crippen LogP contribution in [0, 0.1) is 0 Å². The van der Waals surface area contributed by atoms with Gasteiger partial charge in [0, 0.05) is 12.6 Å². The van der Waals surface area contributed by atoms with E-state index < -0.39 is 23.8 Å². The van der Waals surface area contributed by atoms with E-state index in [1.54, 1.807) is 31.2 Å². The minimum Gasteiger partial charge on any atom is -0.351 e. The van der Waals surface area contributed by atoms with Gasteiger partial charge in [0.05, 0.1) is 17.8 Å². The first-order valence-corrected chi connectivity index (χ1v) is 10.8. The number of carbonyl (C=O) groups is 2. The fourth-order valence-electron chi connectivity index (χ4n) is 3.97. The molecule has 0 unspecified atom stereocenters. The number of nitrogens with one attached hydrogen (secondary N) is 2. The number of benzene rings is 2. The smallest absolute Gasteiger partial charge is 0.351 e. The molecule has 0 aliphatic heterocycles. The number of amides is 2. The summed E-state index contributed by atoms with van der Waals surface area (Å²) in [5.41, 5.74) is 7.10. The third-order valence-corrected chi connectivity index (χ3v) is 5.71. The third-order valence-electron chi connectivity index (χ3n) is 5.71. The normalized spacial score (nSPS) is 16.1. The number of aryl methyl sites for hydroxylation is 1. The van der Waals surface area contributed by atoms with Crippen LogP contribution in [0.25, 0.3) is 5.69 Å². The van der Waals surface area contributed by atoms with Crippen molar-refractivity contribution in [3.8, 4) is 5.69 Å². The van der Waals surface area contributed by atoms with E-state index >= 15 is 0 Å². The van der Waals surface area contributed by atoms with E-state index in [0.29, 0.717) is 12.0 Å². The van der Waals surface area contributed by atoms with Crippen molar-refractivity contribution in [2.45, 2.75) is 44.6 Å². The zero-order chi connectivity index (χ0) is 24.5. The predicted octanol–water partition coefficient (Wildman–Crippen LogP) is 3.27. The Hall–Kier alpha value is -3.66. The largest absolute Gasteiger partial charge is 0.435 e. The lowest BCUT2D eigenvalue weighted by atomic mass is 10.1. The highest BCUT2D eigenvalue weighted by atomic mass is 19.4. The quantitative estimate of drug-likeness (QED) is 0.514. The molecule has 2 atom stereocenters. The monoisotopic (exact) mass is 471 g/mol. The minimum absolute atomic E-state index is 0.127. The molecule has 4 rings (SSSR count). The van der Waals surface area contributed by atoms with E-state index in [-0.39, 0.29) is 29.9 Å². The lowest BCUT2D eigenvalue weighted by Crippen LogP contribution is -2.37. The van der Waals surface area contributed by atoms with Crippen LogP contribution >= 0.6 is 0 Å². The molecule has 178 valence electrons. The lowest BCUT2D eigenvalue weighted by molar-refractivity contribution is -0.141. The molecule has 0 bridgehead atoms. The first-order chi connectivity index (χ1) is 16.1. The van der Waals surface area contributed by atoms with Crippen LogP contribution < -0.4 is 16.4 Å². The number of halogens is 3. The van der Waals surface area contributed by atoms with E-state index in [1.807, 2.05) is 24.3 Å². The summed E-state index contributed by atoms with van der Waals surface area (Å²) in [6, 6.07) is 13.9. The standard InChI is InChI=1S/C24H24F3N5O2/c1-14(28)22(33)29-13-15-5-4-7-17(11-15)32-20(12-21(31-32)24(25,26)27)23(34)30-19-10-9-16-6-2-3-8-18(16)19/h2-8,11-12,14,19H,9-10,13,28H2,1H3,(H,29,33)(H,30,34)/t14-,19-/m0/s1. The van der Waals surface area contributed by atoms with Crippen molar-refractivity contribution >= 4 is 11.8 Å². The lowest BCUT2D eigenvalue weighted by Gasteiger charge is -2.15. The van der Waals surface area contributed by atoms with Gasteiger partial charge in [-0.2, -0.15) is 18.3 Å². The summed E-state index contributed by atoms with van der Waals surface area (Å²) in [6.45, 7) is 1.67. The number of hydrogen-bond donors (Lipinski definition) is 3. The molecule has 4 N–H and O–H groups in total. The zero-order valence-corrected chi connectivity index (χ0v) is 18.4. The molecule has 0 saturated heterocycles. The van der Waals surface area contributed by atoms with Gasteiger partial charge in [0.15, 0.2) is 5.69 Å². The Labute approximate surface area is 194 Å². The molecular weight excluding hydrogens is 447 g/mol. The van der Waals surface area contributed by atoms with Crippen molar-refractivity contribution in [3.05, 3.63) is 82.7 Å². The topological polar surface area (TPSA) is 102 Å². The molecule has 34 heavy (non-hydrogen) atoms. The maximum Gasteiger partial charge on any atom is 0.435 e. The average Bonchev–Trinajstić information content (AvgIpc) is 3.43. The molecule has 0 spiro atoms. The molecule has 3 aromatic rings. The Morgan fingerprint density at radius 3 is 2.68 bits per heavy atom. The number of aromatic nitrogens is 2. The van der Waals surface area contributed by atoms with Crippen LogP contribution in [0.4, 0.5) is 13.2 Å². The molecule has 2 amide bonds. The van der Waals surface area contributed by atoms with Crippen molar-refractivity contribution < 1.29 is 22.8 Å². The zero-order valence-electron chi connectivity index (χ0n) is 18.4. The molecular formula is C24H24F3N5O2. The number of fused-ring (bicyclic) bond motifs is 1. The second kappa shape index (κ2) is 9.30. The fraction of sp³-hybridized carbons (Fsp3) is 0.292. The number of alkyl halides is 3. The summed E-state index contributed by atoms with van der Waals surface area (Å²) in [5, 5.41) is 9.18. The summed E-state index contributed by atoms with van der Waals surface area (Å²) in [6.07, 6.45) is -3.27. The van der Waals surface area contributed by atoms with Crippen molar-refractivity contribution in [1.82, 2.24) is 20.4 Å². The van der Waals surface area contributed by atoms with Crippen molar-refractivity contribution in [3.63, 3.8) is 0 Å². The summed E-state index contributed by atoms with van der Waals surface area (Å²) in [5.74, 6) is -1.01. The van der Waals surface area contributed by atoms with Gasteiger partial charge in [0.1, 0.15) is 5.69 Å². The maximum atomic E-state index is 13.5. The van der Waals surface area contributed by atoms with Crippen LogP contribution in [0.15, 0.2) is 54.6 Å². The van der Waals surface area contributed by atoms with Crippen molar-refractivity contribution in [2.24, 2.45) is 5.73 Å². The highest BCUT2D eigenvalue weighted by molar-refractivity contribution is 5.93. The predicted molar refractivity (Wildman–Crippen MR) is 119 cm³/mol. The Morgan fingerprint density at radius 2 is 1.94 bits per heavy atom. The molecule has 0 radical (unpaired) electrons. The van der Waals surface area contributed by atoms with E-state index in [1.165, 1.54) is 0 Å². The van der Waals surface area contributed by atoms with Gasteiger partial charge in [-0.3, -0.25) is 9.59 Å². The van der Waals surface area contributed by atoms with Gasteiger partial charge >= 0.3 is 6.18 Å². The SMILES string of the molecule is C[C@H](N)C(=O)NCc1cccc(-n2nc(C(F)(F)F)cc2C(=O)N[C@H]2CCc3ccccc32)c1. The van der Waals surface area contributed by atoms with Gasteiger partial charge in [0.2, 0.25) is 5.91 Å².